The number of aryl methyl sites for hydroxylation is 1. The Balaban J connectivity index is 2.76. The van der Waals surface area contributed by atoms with Crippen molar-refractivity contribution in [3.8, 4) is 5.75 Å². The molecule has 1 amide bonds. The number of ether oxygens (including phenoxy) is 2. The molecule has 1 aromatic carbocycles. The number of carbonyl (C=O) groups excluding carboxylic acids is 1. The van der Waals surface area contributed by atoms with Crippen LogP contribution in [0.5, 0.6) is 5.75 Å². The Morgan fingerprint density at radius 3 is 2.54 bits per heavy atom. The molecule has 2 atom stereocenters. The predicted octanol–water partition coefficient (Wildman–Crippen LogP) is 5.10. The van der Waals surface area contributed by atoms with E-state index >= 15 is 0 Å². The fourth-order valence-electron chi connectivity index (χ4n) is 2.44. The lowest BCUT2D eigenvalue weighted by molar-refractivity contribution is -0.136. The molecular formula is C20H33NO3. The second kappa shape index (κ2) is 9.67. The molecule has 4 heteroatoms. The number of unbranched alkanes of at least 4 members (excludes halogenated alkanes) is 2. The maximum Gasteiger partial charge on any atom is 0.256 e. The molecule has 0 bridgehead atoms. The third-order valence-corrected chi connectivity index (χ3v) is 4.52. The van der Waals surface area contributed by atoms with Gasteiger partial charge in [-0.15, -0.1) is 0 Å². The number of anilines is 1. The van der Waals surface area contributed by atoms with Gasteiger partial charge in [-0.1, -0.05) is 33.1 Å². The van der Waals surface area contributed by atoms with E-state index in [9.17, 15) is 4.79 Å². The molecule has 0 saturated heterocycles. The molecule has 0 unspecified atom stereocenters. The number of carbonyl (C=O) groups is 1. The van der Waals surface area contributed by atoms with Crippen molar-refractivity contribution >= 4 is 11.6 Å². The first-order valence-corrected chi connectivity index (χ1v) is 9.00. The first-order chi connectivity index (χ1) is 11.4. The Hall–Kier alpha value is -1.55. The van der Waals surface area contributed by atoms with Gasteiger partial charge in [-0.3, -0.25) is 4.79 Å². The molecule has 0 aliphatic rings. The van der Waals surface area contributed by atoms with Crippen LogP contribution in [-0.2, 0) is 9.53 Å². The van der Waals surface area contributed by atoms with Gasteiger partial charge in [0.25, 0.3) is 5.91 Å². The van der Waals surface area contributed by atoms with Crippen molar-refractivity contribution in [1.82, 2.24) is 0 Å². The fraction of sp³-hybridized carbons (Fsp3) is 0.650. The number of nitrogens with one attached hydrogen (secondary N) is 1. The summed E-state index contributed by atoms with van der Waals surface area (Å²) in [6.07, 6.45) is 5.07. The van der Waals surface area contributed by atoms with Gasteiger partial charge in [0.1, 0.15) is 11.4 Å². The minimum absolute atomic E-state index is 0.101. The monoisotopic (exact) mass is 335 g/mol. The second-order valence-electron chi connectivity index (χ2n) is 6.66. The van der Waals surface area contributed by atoms with E-state index < -0.39 is 5.60 Å². The van der Waals surface area contributed by atoms with Gasteiger partial charge in [-0.2, -0.15) is 0 Å². The van der Waals surface area contributed by atoms with Crippen molar-refractivity contribution in [2.75, 3.05) is 12.4 Å². The molecule has 0 radical (unpaired) electrons. The highest BCUT2D eigenvalue weighted by atomic mass is 16.5. The van der Waals surface area contributed by atoms with Gasteiger partial charge in [0.15, 0.2) is 0 Å². The summed E-state index contributed by atoms with van der Waals surface area (Å²) in [5, 5.41) is 2.98. The Morgan fingerprint density at radius 2 is 2.00 bits per heavy atom. The normalized spacial score (nSPS) is 14.8. The maximum atomic E-state index is 12.6. The molecule has 1 rings (SSSR count). The van der Waals surface area contributed by atoms with Crippen molar-refractivity contribution in [1.29, 1.82) is 0 Å². The average Bonchev–Trinajstić information content (AvgIpc) is 2.57. The van der Waals surface area contributed by atoms with Gasteiger partial charge in [-0.05, 0) is 57.4 Å². The van der Waals surface area contributed by atoms with Gasteiger partial charge in [0.05, 0.1) is 6.10 Å². The van der Waals surface area contributed by atoms with E-state index in [0.29, 0.717) is 0 Å². The second-order valence-corrected chi connectivity index (χ2v) is 6.66. The zero-order valence-corrected chi connectivity index (χ0v) is 16.1. The van der Waals surface area contributed by atoms with Gasteiger partial charge >= 0.3 is 0 Å². The van der Waals surface area contributed by atoms with Gasteiger partial charge in [0.2, 0.25) is 0 Å². The van der Waals surface area contributed by atoms with Crippen LogP contribution >= 0.6 is 0 Å². The van der Waals surface area contributed by atoms with Crippen molar-refractivity contribution in [3.63, 3.8) is 0 Å². The third kappa shape index (κ3) is 5.82. The van der Waals surface area contributed by atoms with Crippen LogP contribution in [0.4, 0.5) is 5.69 Å². The summed E-state index contributed by atoms with van der Waals surface area (Å²) in [6.45, 7) is 10.1. The molecule has 136 valence electrons. The van der Waals surface area contributed by atoms with Crippen LogP contribution < -0.4 is 10.1 Å². The molecular weight excluding hydrogens is 302 g/mol. The fourth-order valence-corrected chi connectivity index (χ4v) is 2.44. The predicted molar refractivity (Wildman–Crippen MR) is 99.7 cm³/mol. The maximum absolute atomic E-state index is 12.6. The number of rotatable bonds is 10. The Morgan fingerprint density at radius 1 is 1.29 bits per heavy atom. The van der Waals surface area contributed by atoms with E-state index in [4.69, 9.17) is 9.47 Å². The molecule has 0 fully saturated rings. The highest BCUT2D eigenvalue weighted by Gasteiger charge is 2.32. The van der Waals surface area contributed by atoms with E-state index in [1.165, 1.54) is 0 Å². The first-order valence-electron chi connectivity index (χ1n) is 9.00. The molecule has 0 aliphatic carbocycles. The summed E-state index contributed by atoms with van der Waals surface area (Å²) in [7, 11) is 1.60. The zero-order chi connectivity index (χ0) is 18.2. The highest BCUT2D eigenvalue weighted by molar-refractivity contribution is 5.97. The number of methoxy groups -OCH3 is 1. The van der Waals surface area contributed by atoms with E-state index in [1.54, 1.807) is 7.11 Å². The van der Waals surface area contributed by atoms with E-state index in [-0.39, 0.29) is 12.0 Å². The zero-order valence-electron chi connectivity index (χ0n) is 16.1. The molecule has 4 nitrogen and oxygen atoms in total. The topological polar surface area (TPSA) is 47.6 Å². The lowest BCUT2D eigenvalue weighted by atomic mass is 9.97. The Bertz CT molecular complexity index is 530. The lowest BCUT2D eigenvalue weighted by Gasteiger charge is -2.27. The number of hydrogen-bond acceptors (Lipinski definition) is 3. The molecule has 1 aromatic rings. The smallest absolute Gasteiger partial charge is 0.256 e. The molecule has 0 aliphatic heterocycles. The number of benzene rings is 1. The minimum atomic E-state index is -0.797. The van der Waals surface area contributed by atoms with Crippen LogP contribution in [0.15, 0.2) is 18.2 Å². The number of amides is 1. The summed E-state index contributed by atoms with van der Waals surface area (Å²) >= 11 is 0. The van der Waals surface area contributed by atoms with Gasteiger partial charge in [-0.25, -0.2) is 0 Å². The van der Waals surface area contributed by atoms with Gasteiger partial charge in [0, 0.05) is 12.8 Å². The van der Waals surface area contributed by atoms with Crippen LogP contribution in [0.3, 0.4) is 0 Å². The van der Waals surface area contributed by atoms with Crippen LogP contribution in [0, 0.1) is 6.92 Å². The lowest BCUT2D eigenvalue weighted by Crippen LogP contribution is -2.41. The average molecular weight is 335 g/mol. The quantitative estimate of drug-likeness (QED) is 0.605. The molecule has 1 N–H and O–H groups in total. The van der Waals surface area contributed by atoms with E-state index in [2.05, 4.69) is 26.1 Å². The van der Waals surface area contributed by atoms with Crippen molar-refractivity contribution in [2.45, 2.75) is 78.4 Å². The van der Waals surface area contributed by atoms with Crippen LogP contribution in [0.25, 0.3) is 0 Å². The van der Waals surface area contributed by atoms with E-state index in [1.807, 2.05) is 32.0 Å². The Kier molecular flexibility index (Phi) is 8.26. The largest absolute Gasteiger partial charge is 0.490 e. The minimum Gasteiger partial charge on any atom is -0.490 e. The SMILES string of the molecule is CCCCC[C@@](C)(OC)C(=O)Nc1ccc(O[C@@H](C)CC)c(C)c1. The molecule has 0 saturated carbocycles. The summed E-state index contributed by atoms with van der Waals surface area (Å²) < 4.78 is 11.4. The van der Waals surface area contributed by atoms with Crippen molar-refractivity contribution in [2.24, 2.45) is 0 Å². The molecule has 24 heavy (non-hydrogen) atoms. The van der Waals surface area contributed by atoms with Crippen molar-refractivity contribution < 1.29 is 14.3 Å². The summed E-state index contributed by atoms with van der Waals surface area (Å²) in [4.78, 5) is 12.6. The summed E-state index contributed by atoms with van der Waals surface area (Å²) in [5.41, 5.74) is 0.987. The number of hydrogen-bond donors (Lipinski definition) is 1. The molecule has 0 aromatic heterocycles. The summed E-state index contributed by atoms with van der Waals surface area (Å²) in [5.74, 6) is 0.760. The standard InChI is InChI=1S/C20H33NO3/c1-7-9-10-13-20(5,23-6)19(22)21-17-11-12-18(15(3)14-17)24-16(4)8-2/h11-12,14,16H,7-10,13H2,1-6H3,(H,21,22)/t16-,20+/m0/s1. The van der Waals surface area contributed by atoms with Gasteiger partial charge < -0.3 is 14.8 Å². The Labute approximate surface area is 146 Å². The third-order valence-electron chi connectivity index (χ3n) is 4.52. The summed E-state index contributed by atoms with van der Waals surface area (Å²) in [6, 6.07) is 5.74. The van der Waals surface area contributed by atoms with E-state index in [0.717, 1.165) is 49.1 Å². The van der Waals surface area contributed by atoms with Crippen LogP contribution in [0.1, 0.15) is 65.4 Å². The molecule has 0 heterocycles. The van der Waals surface area contributed by atoms with Crippen LogP contribution in [-0.4, -0.2) is 24.7 Å². The molecule has 0 spiro atoms. The van der Waals surface area contributed by atoms with Crippen LogP contribution in [0.2, 0.25) is 0 Å². The first kappa shape index (κ1) is 20.5. The van der Waals surface area contributed by atoms with Crippen molar-refractivity contribution in [3.05, 3.63) is 23.8 Å². The highest BCUT2D eigenvalue weighted by Crippen LogP contribution is 2.26.